The van der Waals surface area contributed by atoms with Crippen LogP contribution in [-0.4, -0.2) is 30.8 Å². The second-order valence-electron chi connectivity index (χ2n) is 5.97. The molecule has 0 atom stereocenters. The van der Waals surface area contributed by atoms with Crippen LogP contribution in [0.25, 0.3) is 11.3 Å². The summed E-state index contributed by atoms with van der Waals surface area (Å²) >= 11 is 1.72. The molecule has 138 valence electrons. The molecule has 0 spiro atoms. The molecule has 27 heavy (non-hydrogen) atoms. The molecule has 0 aliphatic rings. The lowest BCUT2D eigenvalue weighted by Crippen LogP contribution is -2.17. The summed E-state index contributed by atoms with van der Waals surface area (Å²) in [5.41, 5.74) is 3.68. The first-order valence-corrected chi connectivity index (χ1v) is 9.73. The topological polar surface area (TPSA) is 51.2 Å². The first-order chi connectivity index (χ1) is 13.2. The van der Waals surface area contributed by atoms with E-state index in [1.807, 2.05) is 48.5 Å². The second kappa shape index (κ2) is 9.24. The molecule has 1 heterocycles. The normalized spacial score (nSPS) is 10.4. The maximum Gasteiger partial charge on any atom is 0.251 e. The number of hydrogen-bond acceptors (Lipinski definition) is 4. The van der Waals surface area contributed by atoms with Crippen molar-refractivity contribution >= 4 is 17.7 Å². The average Bonchev–Trinajstić information content (AvgIpc) is 2.73. The van der Waals surface area contributed by atoms with Gasteiger partial charge in [-0.25, -0.2) is 4.98 Å². The van der Waals surface area contributed by atoms with Crippen molar-refractivity contribution in [1.29, 1.82) is 0 Å². The van der Waals surface area contributed by atoms with Crippen LogP contribution in [0.15, 0.2) is 71.8 Å². The van der Waals surface area contributed by atoms with Gasteiger partial charge in [0, 0.05) is 23.9 Å². The molecule has 3 aromatic rings. The molecule has 0 saturated carbocycles. The van der Waals surface area contributed by atoms with E-state index in [0.29, 0.717) is 5.56 Å². The number of pyridine rings is 1. The SMILES string of the molecule is CNC(=O)c1cccc(-c2cccc(SCCc3cccc(OC)c3)n2)c1. The lowest BCUT2D eigenvalue weighted by atomic mass is 10.1. The smallest absolute Gasteiger partial charge is 0.251 e. The Morgan fingerprint density at radius 2 is 1.89 bits per heavy atom. The third kappa shape index (κ3) is 5.11. The quantitative estimate of drug-likeness (QED) is 0.617. The van der Waals surface area contributed by atoms with Crippen molar-refractivity contribution in [2.24, 2.45) is 0 Å². The number of nitrogens with one attached hydrogen (secondary N) is 1. The van der Waals surface area contributed by atoms with Gasteiger partial charge in [-0.15, -0.1) is 11.8 Å². The van der Waals surface area contributed by atoms with Gasteiger partial charge >= 0.3 is 0 Å². The maximum absolute atomic E-state index is 11.8. The number of thioether (sulfide) groups is 1. The predicted octanol–water partition coefficient (Wildman–Crippen LogP) is 4.45. The molecule has 0 aliphatic carbocycles. The zero-order valence-corrected chi connectivity index (χ0v) is 16.3. The Balaban J connectivity index is 1.68. The molecule has 0 saturated heterocycles. The summed E-state index contributed by atoms with van der Waals surface area (Å²) in [6.45, 7) is 0. The molecular formula is C22H22N2O2S. The van der Waals surface area contributed by atoms with Crippen molar-refractivity contribution in [3.8, 4) is 17.0 Å². The van der Waals surface area contributed by atoms with Gasteiger partial charge in [-0.3, -0.25) is 4.79 Å². The summed E-state index contributed by atoms with van der Waals surface area (Å²) < 4.78 is 5.27. The monoisotopic (exact) mass is 378 g/mol. The predicted molar refractivity (Wildman–Crippen MR) is 110 cm³/mol. The van der Waals surface area contributed by atoms with E-state index in [1.165, 1.54) is 5.56 Å². The first-order valence-electron chi connectivity index (χ1n) is 8.75. The lowest BCUT2D eigenvalue weighted by Gasteiger charge is -2.07. The van der Waals surface area contributed by atoms with Crippen LogP contribution < -0.4 is 10.1 Å². The Hall–Kier alpha value is -2.79. The van der Waals surface area contributed by atoms with Crippen molar-refractivity contribution in [1.82, 2.24) is 10.3 Å². The fourth-order valence-corrected chi connectivity index (χ4v) is 3.61. The van der Waals surface area contributed by atoms with E-state index < -0.39 is 0 Å². The van der Waals surface area contributed by atoms with Crippen LogP contribution in [0.4, 0.5) is 0 Å². The Bertz CT molecular complexity index is 927. The van der Waals surface area contributed by atoms with Crippen LogP contribution in [0.2, 0.25) is 0 Å². The maximum atomic E-state index is 11.8. The van der Waals surface area contributed by atoms with E-state index >= 15 is 0 Å². The summed E-state index contributed by atoms with van der Waals surface area (Å²) in [5, 5.41) is 3.62. The summed E-state index contributed by atoms with van der Waals surface area (Å²) in [5.74, 6) is 1.72. The van der Waals surface area contributed by atoms with Crippen molar-refractivity contribution in [3.63, 3.8) is 0 Å². The fraction of sp³-hybridized carbons (Fsp3) is 0.182. The van der Waals surface area contributed by atoms with Gasteiger partial charge in [0.25, 0.3) is 5.91 Å². The molecule has 0 aliphatic heterocycles. The number of carbonyl (C=O) groups excluding carboxylic acids is 1. The molecule has 1 amide bonds. The standard InChI is InChI=1S/C22H22N2O2S/c1-23-22(25)18-8-4-7-17(15-18)20-10-5-11-21(24-20)27-13-12-16-6-3-9-19(14-16)26-2/h3-11,14-15H,12-13H2,1-2H3,(H,23,25). The molecule has 0 bridgehead atoms. The number of amides is 1. The zero-order valence-electron chi connectivity index (χ0n) is 15.4. The van der Waals surface area contributed by atoms with Gasteiger partial charge in [-0.1, -0.05) is 30.3 Å². The molecule has 1 N–H and O–H groups in total. The van der Waals surface area contributed by atoms with Gasteiger partial charge in [0.2, 0.25) is 0 Å². The number of carbonyl (C=O) groups is 1. The van der Waals surface area contributed by atoms with E-state index in [-0.39, 0.29) is 5.91 Å². The number of rotatable bonds is 7. The number of aromatic nitrogens is 1. The fourth-order valence-electron chi connectivity index (χ4n) is 2.72. The summed E-state index contributed by atoms with van der Waals surface area (Å²) in [4.78, 5) is 16.6. The van der Waals surface area contributed by atoms with Gasteiger partial charge in [0.15, 0.2) is 0 Å². The van der Waals surface area contributed by atoms with Crippen LogP contribution in [0, 0.1) is 0 Å². The van der Waals surface area contributed by atoms with E-state index in [1.54, 1.807) is 32.0 Å². The van der Waals surface area contributed by atoms with Gasteiger partial charge < -0.3 is 10.1 Å². The zero-order chi connectivity index (χ0) is 19.1. The van der Waals surface area contributed by atoms with Crippen LogP contribution in [0.1, 0.15) is 15.9 Å². The highest BCUT2D eigenvalue weighted by molar-refractivity contribution is 7.99. The van der Waals surface area contributed by atoms with E-state index in [9.17, 15) is 4.79 Å². The molecule has 5 heteroatoms. The third-order valence-corrected chi connectivity index (χ3v) is 5.08. The summed E-state index contributed by atoms with van der Waals surface area (Å²) in [7, 11) is 3.31. The number of aryl methyl sites for hydroxylation is 1. The summed E-state index contributed by atoms with van der Waals surface area (Å²) in [6.07, 6.45) is 0.944. The van der Waals surface area contributed by atoms with Gasteiger partial charge in [0.05, 0.1) is 17.8 Å². The minimum absolute atomic E-state index is 0.0966. The highest BCUT2D eigenvalue weighted by Gasteiger charge is 2.07. The molecule has 0 radical (unpaired) electrons. The number of ether oxygens (including phenoxy) is 1. The average molecular weight is 378 g/mol. The minimum atomic E-state index is -0.0966. The van der Waals surface area contributed by atoms with Gasteiger partial charge in [-0.2, -0.15) is 0 Å². The Morgan fingerprint density at radius 1 is 1.07 bits per heavy atom. The molecule has 1 aromatic heterocycles. The molecule has 0 unspecified atom stereocenters. The molecule has 3 rings (SSSR count). The van der Waals surface area contributed by atoms with Crippen LogP contribution >= 0.6 is 11.8 Å². The minimum Gasteiger partial charge on any atom is -0.497 e. The van der Waals surface area contributed by atoms with Crippen LogP contribution in [0.3, 0.4) is 0 Å². The molecule has 4 nitrogen and oxygen atoms in total. The first kappa shape index (κ1) is 19.0. The molecular weight excluding hydrogens is 356 g/mol. The molecule has 0 fully saturated rings. The second-order valence-corrected chi connectivity index (χ2v) is 7.09. The Kier molecular flexibility index (Phi) is 6.49. The van der Waals surface area contributed by atoms with Crippen LogP contribution in [0.5, 0.6) is 5.75 Å². The largest absolute Gasteiger partial charge is 0.497 e. The van der Waals surface area contributed by atoms with Crippen molar-refractivity contribution < 1.29 is 9.53 Å². The van der Waals surface area contributed by atoms with Gasteiger partial charge in [0.1, 0.15) is 5.75 Å². The van der Waals surface area contributed by atoms with Crippen molar-refractivity contribution in [2.45, 2.75) is 11.4 Å². The number of nitrogens with zero attached hydrogens (tertiary/aromatic N) is 1. The number of benzene rings is 2. The van der Waals surface area contributed by atoms with Gasteiger partial charge in [-0.05, 0) is 48.4 Å². The van der Waals surface area contributed by atoms with Crippen molar-refractivity contribution in [2.75, 3.05) is 19.9 Å². The van der Waals surface area contributed by atoms with Crippen molar-refractivity contribution in [3.05, 3.63) is 77.9 Å². The van der Waals surface area contributed by atoms with E-state index in [0.717, 1.165) is 34.2 Å². The highest BCUT2D eigenvalue weighted by atomic mass is 32.2. The van der Waals surface area contributed by atoms with E-state index in [2.05, 4.69) is 17.4 Å². The van der Waals surface area contributed by atoms with Crippen LogP contribution in [-0.2, 0) is 6.42 Å². The lowest BCUT2D eigenvalue weighted by molar-refractivity contribution is 0.0963. The third-order valence-electron chi connectivity index (χ3n) is 4.15. The van der Waals surface area contributed by atoms with E-state index in [4.69, 9.17) is 9.72 Å². The highest BCUT2D eigenvalue weighted by Crippen LogP contribution is 2.24. The summed E-state index contributed by atoms with van der Waals surface area (Å²) in [6, 6.07) is 21.6. The Labute approximate surface area is 164 Å². The number of methoxy groups -OCH3 is 1. The number of hydrogen-bond donors (Lipinski definition) is 1. The molecule has 2 aromatic carbocycles. The Morgan fingerprint density at radius 3 is 2.70 bits per heavy atom.